The number of rotatable bonds is 8. The van der Waals surface area contributed by atoms with Gasteiger partial charge in [-0.15, -0.1) is 0 Å². The van der Waals surface area contributed by atoms with Crippen LogP contribution < -0.4 is 4.46 Å². The molecule has 0 aliphatic heterocycles. The number of hydrogen-bond acceptors (Lipinski definition) is 0. The summed E-state index contributed by atoms with van der Waals surface area (Å²) in [5.41, 5.74) is 0. The maximum atomic E-state index is 3.24. The molecule has 0 bridgehead atoms. The SMILES string of the molecule is CCCCCC/C=C/C#CCC[Se]c1ccccc1. The molecule has 0 saturated carbocycles. The Labute approximate surface area is 124 Å². The van der Waals surface area contributed by atoms with Crippen LogP contribution in [0.5, 0.6) is 0 Å². The third kappa shape index (κ3) is 9.60. The monoisotopic (exact) mass is 320 g/mol. The van der Waals surface area contributed by atoms with E-state index in [4.69, 9.17) is 0 Å². The maximum absolute atomic E-state index is 3.24. The van der Waals surface area contributed by atoms with Gasteiger partial charge in [-0.3, -0.25) is 0 Å². The van der Waals surface area contributed by atoms with Gasteiger partial charge in [-0.05, 0) is 0 Å². The van der Waals surface area contributed by atoms with Gasteiger partial charge in [0.05, 0.1) is 0 Å². The van der Waals surface area contributed by atoms with Crippen LogP contribution in [-0.2, 0) is 0 Å². The molecule has 0 amide bonds. The Bertz CT molecular complexity index is 395. The Morgan fingerprint density at radius 2 is 1.95 bits per heavy atom. The number of unbranched alkanes of at least 4 members (excludes halogenated alkanes) is 4. The fourth-order valence-electron chi connectivity index (χ4n) is 1.70. The van der Waals surface area contributed by atoms with E-state index >= 15 is 0 Å². The molecule has 1 aromatic carbocycles. The standard InChI is InChI=1S/C18H24Se/c1-2-3-4-5-6-7-8-9-10-14-17-19-18-15-12-11-13-16-18/h7-8,11-13,15-16H,2-6,14,17H2,1H3/b8-7+. The van der Waals surface area contributed by atoms with Crippen LogP contribution in [0.1, 0.15) is 45.4 Å². The van der Waals surface area contributed by atoms with Gasteiger partial charge < -0.3 is 0 Å². The second-order valence-electron chi connectivity index (χ2n) is 4.48. The van der Waals surface area contributed by atoms with Gasteiger partial charge in [-0.25, -0.2) is 0 Å². The van der Waals surface area contributed by atoms with E-state index in [9.17, 15) is 0 Å². The van der Waals surface area contributed by atoms with Gasteiger partial charge in [-0.1, -0.05) is 0 Å². The summed E-state index contributed by atoms with van der Waals surface area (Å²) in [5.74, 6) is 6.38. The zero-order valence-corrected chi connectivity index (χ0v) is 13.6. The number of benzene rings is 1. The molecule has 102 valence electrons. The van der Waals surface area contributed by atoms with E-state index in [1.807, 2.05) is 6.08 Å². The summed E-state index contributed by atoms with van der Waals surface area (Å²) in [5, 5.41) is 1.22. The van der Waals surface area contributed by atoms with Crippen molar-refractivity contribution >= 4 is 19.4 Å². The van der Waals surface area contributed by atoms with E-state index in [0.717, 1.165) is 6.42 Å². The normalized spacial score (nSPS) is 10.4. The molecule has 1 aromatic rings. The van der Waals surface area contributed by atoms with Gasteiger partial charge in [0.2, 0.25) is 0 Å². The second kappa shape index (κ2) is 12.1. The topological polar surface area (TPSA) is 0 Å². The van der Waals surface area contributed by atoms with E-state index in [0.29, 0.717) is 15.0 Å². The van der Waals surface area contributed by atoms with Gasteiger partial charge in [0.15, 0.2) is 0 Å². The summed E-state index contributed by atoms with van der Waals surface area (Å²) in [6.45, 7) is 2.25. The Morgan fingerprint density at radius 3 is 2.74 bits per heavy atom. The zero-order valence-electron chi connectivity index (χ0n) is 11.9. The molecule has 19 heavy (non-hydrogen) atoms. The summed E-state index contributed by atoms with van der Waals surface area (Å²) < 4.78 is 1.48. The number of allylic oxidation sites excluding steroid dienone is 2. The van der Waals surface area contributed by atoms with Crippen molar-refractivity contribution < 1.29 is 0 Å². The van der Waals surface area contributed by atoms with Crippen LogP contribution in [0, 0.1) is 11.8 Å². The van der Waals surface area contributed by atoms with E-state index < -0.39 is 0 Å². The quantitative estimate of drug-likeness (QED) is 0.379. The van der Waals surface area contributed by atoms with Crippen LogP contribution in [0.4, 0.5) is 0 Å². The first-order valence-corrected chi connectivity index (χ1v) is 9.31. The molecule has 0 aliphatic carbocycles. The minimum atomic E-state index is 0.583. The van der Waals surface area contributed by atoms with Gasteiger partial charge >= 0.3 is 125 Å². The van der Waals surface area contributed by atoms with Gasteiger partial charge in [0.1, 0.15) is 0 Å². The molecule has 0 fully saturated rings. The first kappa shape index (κ1) is 16.1. The Kier molecular flexibility index (Phi) is 10.2. The fourth-order valence-corrected chi connectivity index (χ4v) is 3.36. The van der Waals surface area contributed by atoms with Crippen molar-refractivity contribution in [3.63, 3.8) is 0 Å². The molecule has 0 aromatic heterocycles. The van der Waals surface area contributed by atoms with Crippen molar-refractivity contribution in [3.05, 3.63) is 42.5 Å². The molecule has 0 radical (unpaired) electrons. The van der Waals surface area contributed by atoms with Gasteiger partial charge in [-0.2, -0.15) is 0 Å². The van der Waals surface area contributed by atoms with Crippen molar-refractivity contribution in [1.82, 2.24) is 0 Å². The van der Waals surface area contributed by atoms with Crippen LogP contribution in [0.3, 0.4) is 0 Å². The molecule has 1 rings (SSSR count). The van der Waals surface area contributed by atoms with E-state index in [1.165, 1.54) is 41.9 Å². The van der Waals surface area contributed by atoms with Crippen LogP contribution in [-0.4, -0.2) is 15.0 Å². The van der Waals surface area contributed by atoms with Crippen molar-refractivity contribution in [1.29, 1.82) is 0 Å². The third-order valence-corrected chi connectivity index (χ3v) is 4.89. The predicted molar refractivity (Wildman–Crippen MR) is 86.9 cm³/mol. The van der Waals surface area contributed by atoms with E-state index in [2.05, 4.69) is 55.2 Å². The van der Waals surface area contributed by atoms with Crippen LogP contribution in [0.25, 0.3) is 0 Å². The molecule has 0 unspecified atom stereocenters. The van der Waals surface area contributed by atoms with Crippen molar-refractivity contribution in [3.8, 4) is 11.8 Å². The molecule has 0 aliphatic rings. The Morgan fingerprint density at radius 1 is 1.11 bits per heavy atom. The summed E-state index contributed by atoms with van der Waals surface area (Å²) in [6.07, 6.45) is 11.8. The molecule has 0 spiro atoms. The summed E-state index contributed by atoms with van der Waals surface area (Å²) >= 11 is 0.583. The molecule has 0 atom stereocenters. The Balaban J connectivity index is 2.00. The van der Waals surface area contributed by atoms with Gasteiger partial charge in [0, 0.05) is 0 Å². The van der Waals surface area contributed by atoms with Crippen molar-refractivity contribution in [2.75, 3.05) is 0 Å². The first-order chi connectivity index (χ1) is 9.43. The minimum absolute atomic E-state index is 0.583. The Hall–Kier alpha value is -0.961. The van der Waals surface area contributed by atoms with Crippen LogP contribution >= 0.6 is 0 Å². The average Bonchev–Trinajstić information content (AvgIpc) is 2.46. The van der Waals surface area contributed by atoms with E-state index in [1.54, 1.807) is 0 Å². The summed E-state index contributed by atoms with van der Waals surface area (Å²) in [6, 6.07) is 10.7. The average molecular weight is 319 g/mol. The second-order valence-corrected chi connectivity index (χ2v) is 6.94. The van der Waals surface area contributed by atoms with Crippen molar-refractivity contribution in [2.45, 2.75) is 50.8 Å². The van der Waals surface area contributed by atoms with Crippen LogP contribution in [0.2, 0.25) is 5.32 Å². The fraction of sp³-hybridized carbons (Fsp3) is 0.444. The molecular weight excluding hydrogens is 295 g/mol. The molecule has 0 saturated heterocycles. The molecule has 1 heteroatoms. The summed E-state index contributed by atoms with van der Waals surface area (Å²) in [4.78, 5) is 0. The molecule has 0 heterocycles. The van der Waals surface area contributed by atoms with Crippen molar-refractivity contribution in [2.24, 2.45) is 0 Å². The molecule has 0 N–H and O–H groups in total. The predicted octanol–water partition coefficient (Wildman–Crippen LogP) is 4.35. The third-order valence-electron chi connectivity index (χ3n) is 2.77. The molecule has 0 nitrogen and oxygen atoms in total. The van der Waals surface area contributed by atoms with Crippen LogP contribution in [0.15, 0.2) is 42.5 Å². The molecular formula is C18H24Se. The summed E-state index contributed by atoms with van der Waals surface area (Å²) in [7, 11) is 0. The van der Waals surface area contributed by atoms with Gasteiger partial charge in [0.25, 0.3) is 0 Å². The number of hydrogen-bond donors (Lipinski definition) is 0. The zero-order chi connectivity index (χ0) is 13.6. The van der Waals surface area contributed by atoms with E-state index in [-0.39, 0.29) is 0 Å². The first-order valence-electron chi connectivity index (χ1n) is 7.24.